The highest BCUT2D eigenvalue weighted by Crippen LogP contribution is 2.36. The maximum atomic E-state index is 5.41. The highest BCUT2D eigenvalue weighted by Gasteiger charge is 2.40. The van der Waals surface area contributed by atoms with E-state index in [1.165, 1.54) is 58.4 Å². The smallest absolute Gasteiger partial charge is 0.166 e. The summed E-state index contributed by atoms with van der Waals surface area (Å²) >= 11 is 5.41. The molecule has 1 aromatic rings. The second-order valence-electron chi connectivity index (χ2n) is 7.84. The second kappa shape index (κ2) is 8.06. The van der Waals surface area contributed by atoms with E-state index in [9.17, 15) is 0 Å². The van der Waals surface area contributed by atoms with E-state index in [0.29, 0.717) is 12.6 Å². The lowest BCUT2D eigenvalue weighted by molar-refractivity contribution is -0.00798. The Hall–Kier alpha value is -1.11. The third-order valence-electron chi connectivity index (χ3n) is 6.21. The lowest BCUT2D eigenvalue weighted by Gasteiger charge is -2.50. The summed E-state index contributed by atoms with van der Waals surface area (Å²) in [5.41, 5.74) is 0. The first kappa shape index (κ1) is 17.3. The normalized spacial score (nSPS) is 32.0. The molecule has 6 heteroatoms. The number of hydrogen-bond acceptors (Lipinski definition) is 4. The van der Waals surface area contributed by atoms with Crippen molar-refractivity contribution in [3.05, 3.63) is 24.2 Å². The monoisotopic (exact) mass is 362 g/mol. The number of fused-ring (bicyclic) bond motifs is 3. The van der Waals surface area contributed by atoms with Crippen molar-refractivity contribution in [1.82, 2.24) is 20.4 Å². The molecule has 0 aromatic carbocycles. The number of piperidine rings is 3. The van der Waals surface area contributed by atoms with Gasteiger partial charge >= 0.3 is 0 Å². The third kappa shape index (κ3) is 4.36. The molecule has 0 saturated carbocycles. The first-order chi connectivity index (χ1) is 12.3. The number of furan rings is 1. The molecule has 2 bridgehead atoms. The van der Waals surface area contributed by atoms with Crippen LogP contribution in [0, 0.1) is 11.8 Å². The molecule has 0 spiro atoms. The van der Waals surface area contributed by atoms with Crippen molar-refractivity contribution >= 4 is 17.3 Å². The number of nitrogens with one attached hydrogen (secondary N) is 2. The zero-order valence-corrected chi connectivity index (χ0v) is 15.8. The van der Waals surface area contributed by atoms with Crippen LogP contribution in [0.5, 0.6) is 0 Å². The number of rotatable bonds is 6. The van der Waals surface area contributed by atoms with Crippen LogP contribution >= 0.6 is 12.2 Å². The van der Waals surface area contributed by atoms with E-state index in [1.807, 2.05) is 12.1 Å². The Bertz CT molecular complexity index is 558. The summed E-state index contributed by atoms with van der Waals surface area (Å²) in [5, 5.41) is 7.37. The summed E-state index contributed by atoms with van der Waals surface area (Å²) in [6.45, 7) is 8.11. The van der Waals surface area contributed by atoms with Crippen LogP contribution in [-0.4, -0.2) is 60.2 Å². The van der Waals surface area contributed by atoms with Crippen LogP contribution < -0.4 is 10.6 Å². The van der Waals surface area contributed by atoms with E-state index in [-0.39, 0.29) is 0 Å². The predicted molar refractivity (Wildman–Crippen MR) is 103 cm³/mol. The minimum Gasteiger partial charge on any atom is -0.467 e. The van der Waals surface area contributed by atoms with Crippen LogP contribution in [0.2, 0.25) is 0 Å². The average molecular weight is 363 g/mol. The molecule has 5 nitrogen and oxygen atoms in total. The summed E-state index contributed by atoms with van der Waals surface area (Å²) in [6, 6.07) is 4.50. The van der Waals surface area contributed by atoms with Crippen molar-refractivity contribution in [2.24, 2.45) is 11.8 Å². The van der Waals surface area contributed by atoms with Crippen LogP contribution in [0.3, 0.4) is 0 Å². The number of thiocarbonyl (C=S) groups is 1. The highest BCUT2D eigenvalue weighted by atomic mass is 32.1. The Morgan fingerprint density at radius 1 is 1.24 bits per heavy atom. The van der Waals surface area contributed by atoms with Crippen LogP contribution in [0.15, 0.2) is 22.8 Å². The molecule has 1 aromatic heterocycles. The quantitative estimate of drug-likeness (QED) is 0.755. The van der Waals surface area contributed by atoms with Gasteiger partial charge in [-0.1, -0.05) is 0 Å². The minimum atomic E-state index is 0.636. The van der Waals surface area contributed by atoms with E-state index >= 15 is 0 Å². The van der Waals surface area contributed by atoms with Crippen LogP contribution in [0.25, 0.3) is 0 Å². The summed E-state index contributed by atoms with van der Waals surface area (Å²) in [6.07, 6.45) is 7.20. The average Bonchev–Trinajstić information content (AvgIpc) is 3.33. The Balaban J connectivity index is 1.20. The van der Waals surface area contributed by atoms with Crippen molar-refractivity contribution in [3.63, 3.8) is 0 Å². The lowest BCUT2D eigenvalue weighted by Crippen LogP contribution is -2.58. The predicted octanol–water partition coefficient (Wildman–Crippen LogP) is 2.05. The first-order valence-electron chi connectivity index (χ1n) is 9.78. The molecule has 138 valence electrons. The van der Waals surface area contributed by atoms with E-state index in [0.717, 1.165) is 29.3 Å². The summed E-state index contributed by atoms with van der Waals surface area (Å²) in [5.74, 6) is 2.70. The second-order valence-corrected chi connectivity index (χ2v) is 8.25. The highest BCUT2D eigenvalue weighted by molar-refractivity contribution is 7.80. The van der Waals surface area contributed by atoms with Gasteiger partial charge in [-0.25, -0.2) is 0 Å². The van der Waals surface area contributed by atoms with E-state index in [4.69, 9.17) is 16.6 Å². The maximum absolute atomic E-state index is 5.41. The molecular formula is C19H30N4OS. The molecule has 4 fully saturated rings. The largest absolute Gasteiger partial charge is 0.467 e. The molecule has 4 atom stereocenters. The van der Waals surface area contributed by atoms with Gasteiger partial charge < -0.3 is 20.0 Å². The fourth-order valence-corrected chi connectivity index (χ4v) is 4.97. The van der Waals surface area contributed by atoms with Crippen molar-refractivity contribution in [2.75, 3.05) is 39.3 Å². The molecular weight excluding hydrogens is 332 g/mol. The summed E-state index contributed by atoms with van der Waals surface area (Å²) in [4.78, 5) is 5.39. The third-order valence-corrected chi connectivity index (χ3v) is 6.50. The Morgan fingerprint density at radius 3 is 2.84 bits per heavy atom. The van der Waals surface area contributed by atoms with Crippen LogP contribution in [0.4, 0.5) is 0 Å². The number of nitrogens with zero attached hydrogens (tertiary/aromatic N) is 2. The zero-order chi connectivity index (χ0) is 17.1. The fourth-order valence-electron chi connectivity index (χ4n) is 4.82. The lowest BCUT2D eigenvalue weighted by atomic mass is 9.75. The maximum Gasteiger partial charge on any atom is 0.166 e. The Kier molecular flexibility index (Phi) is 5.58. The first-order valence-corrected chi connectivity index (χ1v) is 10.2. The van der Waals surface area contributed by atoms with Crippen molar-refractivity contribution in [2.45, 2.75) is 38.3 Å². The summed E-state index contributed by atoms with van der Waals surface area (Å²) in [7, 11) is 0. The van der Waals surface area contributed by atoms with Gasteiger partial charge in [0.2, 0.25) is 0 Å². The van der Waals surface area contributed by atoms with E-state index in [1.54, 1.807) is 6.26 Å². The SMILES string of the molecule is S=C(NCc1ccco1)NCC1CC2CCN1CC2CN1CCCC1. The van der Waals surface area contributed by atoms with E-state index < -0.39 is 0 Å². The Labute approximate surface area is 156 Å². The van der Waals surface area contributed by atoms with Gasteiger partial charge in [-0.2, -0.15) is 0 Å². The Morgan fingerprint density at radius 2 is 2.12 bits per heavy atom. The molecule has 5 heterocycles. The molecule has 0 radical (unpaired) electrons. The van der Waals surface area contributed by atoms with Crippen molar-refractivity contribution < 1.29 is 4.42 Å². The van der Waals surface area contributed by atoms with Gasteiger partial charge in [0, 0.05) is 25.7 Å². The molecule has 5 rings (SSSR count). The van der Waals surface area contributed by atoms with Gasteiger partial charge in [-0.15, -0.1) is 0 Å². The molecule has 25 heavy (non-hydrogen) atoms. The molecule has 4 saturated heterocycles. The minimum absolute atomic E-state index is 0.636. The number of hydrogen-bond donors (Lipinski definition) is 2. The molecule has 0 aliphatic carbocycles. The topological polar surface area (TPSA) is 43.7 Å². The van der Waals surface area contributed by atoms with Crippen molar-refractivity contribution in [1.29, 1.82) is 0 Å². The standard InChI is InChI=1S/C19H30N4OS/c25-19(21-12-18-4-3-9-24-18)20-11-17-10-15-5-8-23(17)14-16(15)13-22-6-1-2-7-22/h3-4,9,15-17H,1-2,5-8,10-14H2,(H2,20,21,25). The molecule has 2 N–H and O–H groups in total. The van der Waals surface area contributed by atoms with Crippen molar-refractivity contribution in [3.8, 4) is 0 Å². The van der Waals surface area contributed by atoms with Crippen LogP contribution in [0.1, 0.15) is 31.4 Å². The number of likely N-dealkylation sites (tertiary alicyclic amines) is 1. The van der Waals surface area contributed by atoms with Crippen LogP contribution in [-0.2, 0) is 6.54 Å². The van der Waals surface area contributed by atoms with Gasteiger partial charge in [-0.05, 0) is 81.5 Å². The van der Waals surface area contributed by atoms with Gasteiger partial charge in [0.25, 0.3) is 0 Å². The van der Waals surface area contributed by atoms with Gasteiger partial charge in [0.15, 0.2) is 5.11 Å². The molecule has 4 aliphatic rings. The molecule has 4 aliphatic heterocycles. The van der Waals surface area contributed by atoms with E-state index in [2.05, 4.69) is 20.4 Å². The molecule has 0 amide bonds. The van der Waals surface area contributed by atoms with Gasteiger partial charge in [0.1, 0.15) is 5.76 Å². The summed E-state index contributed by atoms with van der Waals surface area (Å²) < 4.78 is 5.32. The molecule has 4 unspecified atom stereocenters. The fraction of sp³-hybridized carbons (Fsp3) is 0.737. The van der Waals surface area contributed by atoms with Gasteiger partial charge in [-0.3, -0.25) is 4.90 Å². The van der Waals surface area contributed by atoms with Gasteiger partial charge in [0.05, 0.1) is 12.8 Å². The zero-order valence-electron chi connectivity index (χ0n) is 15.0.